The number of likely N-dealkylation sites (tertiary alicyclic amines) is 1. The molecule has 0 saturated carbocycles. The lowest BCUT2D eigenvalue weighted by molar-refractivity contribution is -0.137. The maximum Gasteiger partial charge on any atom is 0.247 e. The Balaban J connectivity index is 1.13. The molecule has 4 heterocycles. The number of carbonyl (C=O) groups is 3. The van der Waals surface area contributed by atoms with E-state index in [2.05, 4.69) is 25.4 Å². The number of aromatic nitrogens is 5. The molecule has 1 aliphatic heterocycles. The molecular formula is C35H28ClF2N7O3. The monoisotopic (exact) mass is 667 g/mol. The topological polar surface area (TPSA) is 126 Å². The molecule has 13 heteroatoms. The minimum atomic E-state index is -1.46. The van der Waals surface area contributed by atoms with E-state index in [-0.39, 0.29) is 42.2 Å². The first kappa shape index (κ1) is 31.1. The summed E-state index contributed by atoms with van der Waals surface area (Å²) in [6, 6.07) is 13.9. The van der Waals surface area contributed by atoms with E-state index >= 15 is 4.39 Å². The van der Waals surface area contributed by atoms with Crippen molar-refractivity contribution in [1.29, 1.82) is 0 Å². The largest absolute Gasteiger partial charge is 0.361 e. The zero-order valence-electron chi connectivity index (χ0n) is 25.8. The van der Waals surface area contributed by atoms with Gasteiger partial charge in [-0.1, -0.05) is 35.9 Å². The molecule has 0 radical (unpaired) electrons. The predicted molar refractivity (Wildman–Crippen MR) is 178 cm³/mol. The third kappa shape index (κ3) is 5.57. The third-order valence-corrected chi connectivity index (χ3v) is 8.98. The van der Waals surface area contributed by atoms with E-state index in [0.29, 0.717) is 27.3 Å². The van der Waals surface area contributed by atoms with Gasteiger partial charge >= 0.3 is 0 Å². The van der Waals surface area contributed by atoms with Gasteiger partial charge in [-0.2, -0.15) is 5.10 Å². The van der Waals surface area contributed by atoms with E-state index in [9.17, 15) is 18.8 Å². The van der Waals surface area contributed by atoms with Crippen LogP contribution in [0, 0.1) is 12.7 Å². The van der Waals surface area contributed by atoms with E-state index in [1.807, 2.05) is 0 Å². The van der Waals surface area contributed by atoms with Crippen LogP contribution in [-0.2, 0) is 16.1 Å². The zero-order chi connectivity index (χ0) is 33.7. The van der Waals surface area contributed by atoms with Gasteiger partial charge in [0, 0.05) is 64.9 Å². The van der Waals surface area contributed by atoms with Crippen molar-refractivity contribution in [3.8, 4) is 22.3 Å². The lowest BCUT2D eigenvalue weighted by Gasteiger charge is -2.24. The molecule has 0 bridgehead atoms. The summed E-state index contributed by atoms with van der Waals surface area (Å²) in [4.78, 5) is 52.3. The number of fused-ring (bicyclic) bond motifs is 2. The molecule has 1 aliphatic rings. The van der Waals surface area contributed by atoms with Crippen LogP contribution in [0.25, 0.3) is 44.1 Å². The Morgan fingerprint density at radius 2 is 1.81 bits per heavy atom. The average Bonchev–Trinajstić information content (AvgIpc) is 3.80. The molecule has 10 nitrogen and oxygen atoms in total. The van der Waals surface area contributed by atoms with Gasteiger partial charge in [-0.3, -0.25) is 19.1 Å². The summed E-state index contributed by atoms with van der Waals surface area (Å²) in [5.74, 6) is -1.71. The van der Waals surface area contributed by atoms with E-state index < -0.39 is 29.8 Å². The molecule has 2 N–H and O–H groups in total. The van der Waals surface area contributed by atoms with Crippen molar-refractivity contribution in [3.05, 3.63) is 95.5 Å². The van der Waals surface area contributed by atoms with Gasteiger partial charge in [0.15, 0.2) is 11.6 Å². The number of rotatable bonds is 7. The SMILES string of the molecule is CC(=O)c1nn(CC(=O)N2C[C@H](F)C[C@H]2C(=O)Nc2cccc(-c3ccc4[nH]ccc4c3Cl)c2F)c2ccc(-c3cnc(C)nc3)cc12. The van der Waals surface area contributed by atoms with Crippen LogP contribution in [0.3, 0.4) is 0 Å². The summed E-state index contributed by atoms with van der Waals surface area (Å²) in [6.07, 6.45) is 3.37. The highest BCUT2D eigenvalue weighted by Gasteiger charge is 2.40. The first-order valence-corrected chi connectivity index (χ1v) is 15.6. The van der Waals surface area contributed by atoms with Gasteiger partial charge in [0.05, 0.1) is 22.8 Å². The number of amides is 2. The van der Waals surface area contributed by atoms with Crippen molar-refractivity contribution >= 4 is 56.7 Å². The summed E-state index contributed by atoms with van der Waals surface area (Å²) in [7, 11) is 0. The second-order valence-corrected chi connectivity index (χ2v) is 12.1. The Morgan fingerprint density at radius 3 is 2.58 bits per heavy atom. The van der Waals surface area contributed by atoms with Crippen molar-refractivity contribution in [2.24, 2.45) is 0 Å². The fraction of sp³-hybridized carbons (Fsp3) is 0.200. The number of ketones is 1. The quantitative estimate of drug-likeness (QED) is 0.187. The number of carbonyl (C=O) groups excluding carboxylic acids is 3. The Bertz CT molecular complexity index is 2250. The van der Waals surface area contributed by atoms with Gasteiger partial charge in [0.1, 0.15) is 30.3 Å². The molecule has 48 heavy (non-hydrogen) atoms. The van der Waals surface area contributed by atoms with Crippen molar-refractivity contribution < 1.29 is 23.2 Å². The Labute approximate surface area is 277 Å². The van der Waals surface area contributed by atoms with Crippen molar-refractivity contribution in [2.75, 3.05) is 11.9 Å². The first-order chi connectivity index (χ1) is 23.1. The molecule has 1 fully saturated rings. The number of H-pyrrole nitrogens is 1. The zero-order valence-corrected chi connectivity index (χ0v) is 26.6. The van der Waals surface area contributed by atoms with Crippen LogP contribution < -0.4 is 5.32 Å². The van der Waals surface area contributed by atoms with Crippen molar-refractivity contribution in [1.82, 2.24) is 29.6 Å². The van der Waals surface area contributed by atoms with Crippen molar-refractivity contribution in [3.63, 3.8) is 0 Å². The maximum atomic E-state index is 15.8. The number of halogens is 3. The summed E-state index contributed by atoms with van der Waals surface area (Å²) in [5, 5.41) is 8.56. The molecule has 0 aliphatic carbocycles. The summed E-state index contributed by atoms with van der Waals surface area (Å²) < 4.78 is 32.0. The van der Waals surface area contributed by atoms with Gasteiger partial charge in [0.25, 0.3) is 0 Å². The lowest BCUT2D eigenvalue weighted by atomic mass is 10.0. The normalized spacial score (nSPS) is 16.1. The molecule has 6 aromatic rings. The fourth-order valence-corrected chi connectivity index (χ4v) is 6.50. The molecular weight excluding hydrogens is 640 g/mol. The molecule has 1 saturated heterocycles. The van der Waals surface area contributed by atoms with Crippen LogP contribution in [0.2, 0.25) is 5.02 Å². The van der Waals surface area contributed by atoms with Crippen LogP contribution in [0.5, 0.6) is 0 Å². The van der Waals surface area contributed by atoms with Crippen LogP contribution in [0.15, 0.2) is 73.2 Å². The van der Waals surface area contributed by atoms with Crippen LogP contribution in [-0.4, -0.2) is 66.0 Å². The fourth-order valence-electron chi connectivity index (χ4n) is 6.17. The average molecular weight is 668 g/mol. The lowest BCUT2D eigenvalue weighted by Crippen LogP contribution is -2.44. The van der Waals surface area contributed by atoms with E-state index in [0.717, 1.165) is 26.9 Å². The molecule has 2 amide bonds. The number of alkyl halides is 1. The summed E-state index contributed by atoms with van der Waals surface area (Å²) in [6.45, 7) is 2.49. The summed E-state index contributed by atoms with van der Waals surface area (Å²) >= 11 is 6.59. The Hall–Kier alpha value is -5.49. The molecule has 0 spiro atoms. The third-order valence-electron chi connectivity index (χ3n) is 8.57. The minimum absolute atomic E-state index is 0.128. The van der Waals surface area contributed by atoms with Gasteiger partial charge in [-0.15, -0.1) is 0 Å². The molecule has 7 rings (SSSR count). The number of aryl methyl sites for hydroxylation is 1. The second-order valence-electron chi connectivity index (χ2n) is 11.7. The van der Waals surface area contributed by atoms with Gasteiger partial charge in [-0.05, 0) is 42.8 Å². The number of Topliss-reactive ketones (excluding diaryl/α,β-unsaturated/α-hetero) is 1. The number of hydrogen-bond donors (Lipinski definition) is 2. The van der Waals surface area contributed by atoms with Gasteiger partial charge in [0.2, 0.25) is 11.8 Å². The molecule has 3 aromatic carbocycles. The van der Waals surface area contributed by atoms with Gasteiger partial charge in [-0.25, -0.2) is 18.7 Å². The van der Waals surface area contributed by atoms with Gasteiger partial charge < -0.3 is 15.2 Å². The number of hydrogen-bond acceptors (Lipinski definition) is 6. The van der Waals surface area contributed by atoms with Crippen molar-refractivity contribution in [2.45, 2.75) is 39.0 Å². The van der Waals surface area contributed by atoms with Crippen LogP contribution in [0.4, 0.5) is 14.5 Å². The standard InChI is InChI=1S/C35H28ClF2N7O3/c1-18(46)34-26-12-20(21-14-40-19(2)41-15-21)6-9-29(26)45(43-34)17-31(47)44-16-22(37)13-30(44)35(48)42-28-5-3-4-24(33(28)38)23-7-8-27-25(32(23)36)10-11-39-27/h3-12,14-15,22,30,39H,13,16-17H2,1-2H3,(H,42,48)/t22-,30+/m1/s1. The molecule has 2 atom stereocenters. The van der Waals surface area contributed by atoms with E-state index in [1.165, 1.54) is 17.7 Å². The maximum absolute atomic E-state index is 15.8. The predicted octanol–water partition coefficient (Wildman–Crippen LogP) is 6.52. The van der Waals surface area contributed by atoms with Crippen LogP contribution >= 0.6 is 11.6 Å². The number of aromatic amines is 1. The first-order valence-electron chi connectivity index (χ1n) is 15.2. The summed E-state index contributed by atoms with van der Waals surface area (Å²) in [5.41, 5.74) is 3.46. The number of benzene rings is 3. The van der Waals surface area contributed by atoms with E-state index in [1.54, 1.807) is 74.0 Å². The van der Waals surface area contributed by atoms with Crippen LogP contribution in [0.1, 0.15) is 29.7 Å². The minimum Gasteiger partial charge on any atom is -0.361 e. The molecule has 3 aromatic heterocycles. The molecule has 0 unspecified atom stereocenters. The smallest absolute Gasteiger partial charge is 0.247 e. The number of anilines is 1. The highest BCUT2D eigenvalue weighted by atomic mass is 35.5. The number of nitrogens with one attached hydrogen (secondary N) is 2. The Kier molecular flexibility index (Phi) is 7.96. The molecule has 242 valence electrons. The Morgan fingerprint density at radius 1 is 1.02 bits per heavy atom. The second kappa shape index (κ2) is 12.3. The highest BCUT2D eigenvalue weighted by molar-refractivity contribution is 6.38. The van der Waals surface area contributed by atoms with E-state index in [4.69, 9.17) is 11.6 Å². The highest BCUT2D eigenvalue weighted by Crippen LogP contribution is 2.37. The number of nitrogens with zero attached hydrogens (tertiary/aromatic N) is 5.